The summed E-state index contributed by atoms with van der Waals surface area (Å²) in [6.07, 6.45) is 23.4. The van der Waals surface area contributed by atoms with Crippen LogP contribution in [-0.4, -0.2) is 0 Å². The Bertz CT molecular complexity index is 303. The molecule has 3 aliphatic carbocycles. The third kappa shape index (κ3) is 2.51. The summed E-state index contributed by atoms with van der Waals surface area (Å²) in [5.74, 6) is 0.925. The van der Waals surface area contributed by atoms with E-state index in [2.05, 4.69) is 18.2 Å². The molecule has 1 spiro atoms. The van der Waals surface area contributed by atoms with E-state index in [4.69, 9.17) is 0 Å². The second-order valence-electron chi connectivity index (χ2n) is 6.57. The highest BCUT2D eigenvalue weighted by molar-refractivity contribution is 5.31. The van der Waals surface area contributed by atoms with Crippen LogP contribution in [0.1, 0.15) is 70.6 Å². The molecule has 2 saturated carbocycles. The summed E-state index contributed by atoms with van der Waals surface area (Å²) in [6.45, 7) is 0. The van der Waals surface area contributed by atoms with Gasteiger partial charge in [0.2, 0.25) is 0 Å². The summed E-state index contributed by atoms with van der Waals surface area (Å²) in [4.78, 5) is 0. The molecule has 2 fully saturated rings. The molecule has 17 heavy (non-hydrogen) atoms. The molecule has 0 bridgehead atoms. The molecular weight excluding hydrogens is 204 g/mol. The molecule has 0 atom stereocenters. The zero-order chi connectivity index (χ0) is 11.6. The molecule has 0 unspecified atom stereocenters. The molecule has 0 nitrogen and oxygen atoms in total. The molecule has 0 aromatic carbocycles. The van der Waals surface area contributed by atoms with Gasteiger partial charge in [0.15, 0.2) is 0 Å². The number of rotatable bonds is 1. The van der Waals surface area contributed by atoms with Gasteiger partial charge in [0, 0.05) is 0 Å². The van der Waals surface area contributed by atoms with Crippen molar-refractivity contribution in [2.24, 2.45) is 11.3 Å². The van der Waals surface area contributed by atoms with Gasteiger partial charge < -0.3 is 0 Å². The Labute approximate surface area is 106 Å². The highest BCUT2D eigenvalue weighted by Crippen LogP contribution is 2.56. The summed E-state index contributed by atoms with van der Waals surface area (Å²) < 4.78 is 0. The van der Waals surface area contributed by atoms with Crippen LogP contribution in [0.3, 0.4) is 0 Å². The summed E-state index contributed by atoms with van der Waals surface area (Å²) in [5.41, 5.74) is 2.43. The molecular formula is C17H26. The highest BCUT2D eigenvalue weighted by atomic mass is 14.5. The smallest absolute Gasteiger partial charge is 0.0155 e. The van der Waals surface area contributed by atoms with E-state index >= 15 is 0 Å². The van der Waals surface area contributed by atoms with Gasteiger partial charge >= 0.3 is 0 Å². The summed E-state index contributed by atoms with van der Waals surface area (Å²) in [6, 6.07) is 0. The second-order valence-corrected chi connectivity index (χ2v) is 6.57. The lowest BCUT2D eigenvalue weighted by atomic mass is 9.56. The summed E-state index contributed by atoms with van der Waals surface area (Å²) >= 11 is 0. The van der Waals surface area contributed by atoms with Gasteiger partial charge in [0.05, 0.1) is 0 Å². The van der Waals surface area contributed by atoms with Crippen molar-refractivity contribution in [2.45, 2.75) is 70.6 Å². The fourth-order valence-corrected chi connectivity index (χ4v) is 4.24. The Hall–Kier alpha value is -0.520. The van der Waals surface area contributed by atoms with Crippen LogP contribution >= 0.6 is 0 Å². The van der Waals surface area contributed by atoms with Gasteiger partial charge in [-0.1, -0.05) is 56.8 Å². The van der Waals surface area contributed by atoms with Crippen LogP contribution < -0.4 is 0 Å². The first-order chi connectivity index (χ1) is 8.38. The van der Waals surface area contributed by atoms with Crippen LogP contribution in [0.25, 0.3) is 0 Å². The molecule has 0 amide bonds. The maximum Gasteiger partial charge on any atom is -0.0155 e. The minimum Gasteiger partial charge on any atom is -0.0805 e. The Balaban J connectivity index is 1.57. The molecule has 0 N–H and O–H groups in total. The Morgan fingerprint density at radius 3 is 2.12 bits per heavy atom. The van der Waals surface area contributed by atoms with Crippen molar-refractivity contribution in [3.63, 3.8) is 0 Å². The van der Waals surface area contributed by atoms with E-state index in [1.54, 1.807) is 5.57 Å². The predicted molar refractivity (Wildman–Crippen MR) is 73.9 cm³/mol. The normalized spacial score (nSPS) is 29.3. The first kappa shape index (κ1) is 11.6. The lowest BCUT2D eigenvalue weighted by molar-refractivity contribution is 0.0529. The third-order valence-corrected chi connectivity index (χ3v) is 5.29. The van der Waals surface area contributed by atoms with E-state index < -0.39 is 0 Å². The Morgan fingerprint density at radius 1 is 0.882 bits per heavy atom. The summed E-state index contributed by atoms with van der Waals surface area (Å²) in [5, 5.41) is 0. The topological polar surface area (TPSA) is 0 Å². The predicted octanol–water partition coefficient (Wildman–Crippen LogP) is 5.40. The molecule has 3 rings (SSSR count). The number of hydrogen-bond donors (Lipinski definition) is 0. The Morgan fingerprint density at radius 2 is 1.53 bits per heavy atom. The molecule has 0 aliphatic heterocycles. The second kappa shape index (κ2) is 5.00. The van der Waals surface area contributed by atoms with Crippen LogP contribution in [0.4, 0.5) is 0 Å². The zero-order valence-electron chi connectivity index (χ0n) is 11.1. The van der Waals surface area contributed by atoms with E-state index in [-0.39, 0.29) is 0 Å². The van der Waals surface area contributed by atoms with E-state index in [9.17, 15) is 0 Å². The SMILES string of the molecule is C1=CC(C2CC3(CCCCCCCC3)C2)=CC1. The van der Waals surface area contributed by atoms with Gasteiger partial charge in [-0.3, -0.25) is 0 Å². The van der Waals surface area contributed by atoms with Crippen molar-refractivity contribution in [1.82, 2.24) is 0 Å². The van der Waals surface area contributed by atoms with Gasteiger partial charge in [0.1, 0.15) is 0 Å². The van der Waals surface area contributed by atoms with Crippen molar-refractivity contribution in [1.29, 1.82) is 0 Å². The van der Waals surface area contributed by atoms with Gasteiger partial charge in [-0.05, 0) is 49.0 Å². The fraction of sp³-hybridized carbons (Fsp3) is 0.765. The maximum atomic E-state index is 2.45. The average molecular weight is 230 g/mol. The van der Waals surface area contributed by atoms with Crippen molar-refractivity contribution in [3.05, 3.63) is 23.8 Å². The van der Waals surface area contributed by atoms with E-state index in [1.165, 1.54) is 70.6 Å². The highest BCUT2D eigenvalue weighted by Gasteiger charge is 2.43. The van der Waals surface area contributed by atoms with Crippen LogP contribution in [0.15, 0.2) is 23.8 Å². The lowest BCUT2D eigenvalue weighted by Gasteiger charge is -2.49. The molecule has 3 aliphatic rings. The van der Waals surface area contributed by atoms with Crippen molar-refractivity contribution in [3.8, 4) is 0 Å². The van der Waals surface area contributed by atoms with Gasteiger partial charge in [-0.2, -0.15) is 0 Å². The monoisotopic (exact) mass is 230 g/mol. The standard InChI is InChI=1S/C17H26/c1-2-4-8-12-17(11-7-3-1)13-16(14-17)15-9-5-6-10-15/h5,9-10,16H,1-4,6-8,11-14H2. The van der Waals surface area contributed by atoms with Crippen molar-refractivity contribution >= 4 is 0 Å². The summed E-state index contributed by atoms with van der Waals surface area (Å²) in [7, 11) is 0. The van der Waals surface area contributed by atoms with E-state index in [1.807, 2.05) is 0 Å². The molecule has 0 aromatic rings. The fourth-order valence-electron chi connectivity index (χ4n) is 4.24. The Kier molecular flexibility index (Phi) is 3.40. The van der Waals surface area contributed by atoms with Crippen LogP contribution in [-0.2, 0) is 0 Å². The first-order valence-electron chi connectivity index (χ1n) is 7.75. The van der Waals surface area contributed by atoms with Gasteiger partial charge in [0.25, 0.3) is 0 Å². The molecule has 0 saturated heterocycles. The van der Waals surface area contributed by atoms with E-state index in [0.717, 1.165) is 11.3 Å². The van der Waals surface area contributed by atoms with Gasteiger partial charge in [-0.15, -0.1) is 0 Å². The minimum absolute atomic E-state index is 0.770. The molecule has 0 heteroatoms. The largest absolute Gasteiger partial charge is 0.0805 e. The van der Waals surface area contributed by atoms with Crippen molar-refractivity contribution < 1.29 is 0 Å². The minimum atomic E-state index is 0.770. The van der Waals surface area contributed by atoms with Crippen LogP contribution in [0.5, 0.6) is 0 Å². The maximum absolute atomic E-state index is 2.45. The zero-order valence-corrected chi connectivity index (χ0v) is 11.1. The van der Waals surface area contributed by atoms with Crippen LogP contribution in [0, 0.1) is 11.3 Å². The quantitative estimate of drug-likeness (QED) is 0.565. The number of hydrogen-bond acceptors (Lipinski definition) is 0. The van der Waals surface area contributed by atoms with Crippen molar-refractivity contribution in [2.75, 3.05) is 0 Å². The molecule has 0 aromatic heterocycles. The lowest BCUT2D eigenvalue weighted by Crippen LogP contribution is -2.37. The molecule has 0 radical (unpaired) electrons. The first-order valence-corrected chi connectivity index (χ1v) is 7.75. The molecule has 0 heterocycles. The third-order valence-electron chi connectivity index (χ3n) is 5.29. The van der Waals surface area contributed by atoms with E-state index in [0.29, 0.717) is 0 Å². The number of allylic oxidation sites excluding steroid dienone is 4. The molecule has 94 valence electrons. The van der Waals surface area contributed by atoms with Gasteiger partial charge in [-0.25, -0.2) is 0 Å². The average Bonchev–Trinajstić information content (AvgIpc) is 2.83. The van der Waals surface area contributed by atoms with Crippen LogP contribution in [0.2, 0.25) is 0 Å².